The van der Waals surface area contributed by atoms with Crippen LogP contribution in [0.25, 0.3) is 6.08 Å². The number of carboxylic acid groups (broad SMARTS) is 1. The number of allylic oxidation sites excluding steroid dienone is 1. The molecule has 4 nitrogen and oxygen atoms in total. The third-order valence-electron chi connectivity index (χ3n) is 3.89. The lowest BCUT2D eigenvalue weighted by Gasteiger charge is -2.13. The summed E-state index contributed by atoms with van der Waals surface area (Å²) in [5.74, 6) is 0.818. The van der Waals surface area contributed by atoms with Gasteiger partial charge in [0.25, 0.3) is 6.47 Å². The molecule has 2 atom stereocenters. The van der Waals surface area contributed by atoms with Gasteiger partial charge in [0.05, 0.1) is 0 Å². The molecule has 0 amide bonds. The largest absolute Gasteiger partial charge is 0.483 e. The van der Waals surface area contributed by atoms with Crippen LogP contribution < -0.4 is 5.73 Å². The number of carbonyl (C=O) groups is 2. The molecule has 0 saturated carbocycles. The van der Waals surface area contributed by atoms with Crippen LogP contribution >= 0.6 is 0 Å². The summed E-state index contributed by atoms with van der Waals surface area (Å²) in [6.07, 6.45) is 5.25. The highest BCUT2D eigenvalue weighted by molar-refractivity contribution is 5.79. The fourth-order valence-corrected chi connectivity index (χ4v) is 2.45. The number of hydrogen-bond acceptors (Lipinski definition) is 3. The van der Waals surface area contributed by atoms with E-state index in [0.717, 1.165) is 12.8 Å². The van der Waals surface area contributed by atoms with E-state index in [1.165, 1.54) is 16.7 Å². The number of hydrogen-bond donors (Lipinski definition) is 2. The highest BCUT2D eigenvalue weighted by Crippen LogP contribution is 2.25. The maximum absolute atomic E-state index is 11.7. The average molecular weight is 333 g/mol. The van der Waals surface area contributed by atoms with E-state index < -0.39 is 0 Å². The lowest BCUT2D eigenvalue weighted by molar-refractivity contribution is -0.123. The quantitative estimate of drug-likeness (QED) is 0.691. The van der Waals surface area contributed by atoms with Crippen LogP contribution in [0, 0.1) is 0 Å². The Morgan fingerprint density at radius 3 is 2.38 bits per heavy atom. The second-order valence-corrected chi connectivity index (χ2v) is 6.25. The van der Waals surface area contributed by atoms with Gasteiger partial charge in [-0.3, -0.25) is 9.59 Å². The van der Waals surface area contributed by atoms with Gasteiger partial charge >= 0.3 is 0 Å². The van der Waals surface area contributed by atoms with Crippen molar-refractivity contribution in [2.75, 3.05) is 0 Å². The van der Waals surface area contributed by atoms with Crippen LogP contribution in [-0.4, -0.2) is 23.4 Å². The van der Waals surface area contributed by atoms with Gasteiger partial charge in [0.2, 0.25) is 0 Å². The van der Waals surface area contributed by atoms with E-state index in [0.29, 0.717) is 18.8 Å². The fourth-order valence-electron chi connectivity index (χ4n) is 2.45. The van der Waals surface area contributed by atoms with Crippen molar-refractivity contribution >= 4 is 18.3 Å². The lowest BCUT2D eigenvalue weighted by Crippen LogP contribution is -2.19. The van der Waals surface area contributed by atoms with Crippen molar-refractivity contribution in [3.8, 4) is 0 Å². The molecular formula is C20H31NO3. The van der Waals surface area contributed by atoms with Crippen molar-refractivity contribution in [2.45, 2.75) is 65.3 Å². The summed E-state index contributed by atoms with van der Waals surface area (Å²) in [6, 6.07) is 8.50. The molecule has 0 spiro atoms. The SMILES string of the molecule is CCC(C)c1ccccc1/C=C(\C)CCC(=O)CC(C)N.O=CO. The zero-order valence-electron chi connectivity index (χ0n) is 15.3. The molecule has 0 fully saturated rings. The van der Waals surface area contributed by atoms with Crippen LogP contribution in [-0.2, 0) is 9.59 Å². The third-order valence-corrected chi connectivity index (χ3v) is 3.89. The van der Waals surface area contributed by atoms with Gasteiger partial charge < -0.3 is 10.8 Å². The van der Waals surface area contributed by atoms with Gasteiger partial charge in [-0.2, -0.15) is 0 Å². The molecule has 0 aromatic heterocycles. The summed E-state index contributed by atoms with van der Waals surface area (Å²) in [4.78, 5) is 20.1. The maximum atomic E-state index is 11.7. The van der Waals surface area contributed by atoms with Crippen LogP contribution in [0.2, 0.25) is 0 Å². The van der Waals surface area contributed by atoms with Gasteiger partial charge in [-0.15, -0.1) is 0 Å². The molecule has 0 aliphatic heterocycles. The summed E-state index contributed by atoms with van der Waals surface area (Å²) in [5, 5.41) is 6.89. The Bertz CT molecular complexity index is 535. The minimum absolute atomic E-state index is 0.0343. The van der Waals surface area contributed by atoms with E-state index >= 15 is 0 Å². The summed E-state index contributed by atoms with van der Waals surface area (Å²) < 4.78 is 0. The smallest absolute Gasteiger partial charge is 0.290 e. The number of nitrogens with two attached hydrogens (primary N) is 1. The predicted octanol–water partition coefficient (Wildman–Crippen LogP) is 4.39. The van der Waals surface area contributed by atoms with Gasteiger partial charge in [0.1, 0.15) is 5.78 Å². The number of benzene rings is 1. The van der Waals surface area contributed by atoms with Crippen LogP contribution in [0.3, 0.4) is 0 Å². The molecule has 0 aliphatic carbocycles. The van der Waals surface area contributed by atoms with E-state index in [1.807, 2.05) is 6.92 Å². The monoisotopic (exact) mass is 333 g/mol. The molecule has 3 N–H and O–H groups in total. The van der Waals surface area contributed by atoms with E-state index in [4.69, 9.17) is 15.6 Å². The normalized spacial score (nSPS) is 13.5. The molecule has 1 aromatic carbocycles. The fraction of sp³-hybridized carbons (Fsp3) is 0.500. The second kappa shape index (κ2) is 12.5. The van der Waals surface area contributed by atoms with Crippen molar-refractivity contribution in [1.29, 1.82) is 0 Å². The van der Waals surface area contributed by atoms with E-state index in [1.54, 1.807) is 0 Å². The van der Waals surface area contributed by atoms with Crippen molar-refractivity contribution in [3.63, 3.8) is 0 Å². The number of carbonyl (C=O) groups excluding carboxylic acids is 1. The Kier molecular flexibility index (Phi) is 11.5. The molecule has 0 bridgehead atoms. The third kappa shape index (κ3) is 9.26. The molecule has 4 heteroatoms. The van der Waals surface area contributed by atoms with Crippen molar-refractivity contribution in [1.82, 2.24) is 0 Å². The van der Waals surface area contributed by atoms with Crippen molar-refractivity contribution < 1.29 is 14.7 Å². The van der Waals surface area contributed by atoms with E-state index in [-0.39, 0.29) is 18.3 Å². The van der Waals surface area contributed by atoms with Gasteiger partial charge in [0, 0.05) is 18.9 Å². The zero-order valence-corrected chi connectivity index (χ0v) is 15.3. The molecule has 0 radical (unpaired) electrons. The molecule has 134 valence electrons. The number of Topliss-reactive ketones (excluding diaryl/α,β-unsaturated/α-hetero) is 1. The highest BCUT2D eigenvalue weighted by atomic mass is 16.3. The molecule has 1 aromatic rings. The summed E-state index contributed by atoms with van der Waals surface area (Å²) >= 11 is 0. The second-order valence-electron chi connectivity index (χ2n) is 6.25. The first-order chi connectivity index (χ1) is 11.3. The van der Waals surface area contributed by atoms with Gasteiger partial charge in [-0.05, 0) is 43.7 Å². The number of rotatable bonds is 8. The molecule has 0 aliphatic rings. The molecule has 1 rings (SSSR count). The first kappa shape index (κ1) is 22.1. The first-order valence-electron chi connectivity index (χ1n) is 8.46. The standard InChI is InChI=1S/C19H29NO.CH2O2/c1-5-15(3)19-9-7-6-8-17(19)12-14(2)10-11-18(21)13-16(4)20;2-1-3/h6-9,12,15-16H,5,10-11,13,20H2,1-4H3;1H,(H,2,3)/b14-12+;. The van der Waals surface area contributed by atoms with Crippen LogP contribution in [0.1, 0.15) is 70.4 Å². The summed E-state index contributed by atoms with van der Waals surface area (Å²) in [5.41, 5.74) is 9.58. The Morgan fingerprint density at radius 1 is 1.25 bits per heavy atom. The Labute approximate surface area is 145 Å². The van der Waals surface area contributed by atoms with E-state index in [2.05, 4.69) is 51.1 Å². The summed E-state index contributed by atoms with van der Waals surface area (Å²) in [6.45, 7) is 8.20. The Hall–Kier alpha value is -1.94. The van der Waals surface area contributed by atoms with Crippen LogP contribution in [0.5, 0.6) is 0 Å². The molecule has 0 saturated heterocycles. The van der Waals surface area contributed by atoms with Gasteiger partial charge in [-0.25, -0.2) is 0 Å². The van der Waals surface area contributed by atoms with Crippen molar-refractivity contribution in [3.05, 3.63) is 41.0 Å². The molecule has 2 unspecified atom stereocenters. The lowest BCUT2D eigenvalue weighted by atomic mass is 9.92. The molecule has 0 heterocycles. The summed E-state index contributed by atoms with van der Waals surface area (Å²) in [7, 11) is 0. The predicted molar refractivity (Wildman–Crippen MR) is 100.0 cm³/mol. The number of ketones is 1. The van der Waals surface area contributed by atoms with Crippen molar-refractivity contribution in [2.24, 2.45) is 5.73 Å². The van der Waals surface area contributed by atoms with Gasteiger partial charge in [-0.1, -0.05) is 49.8 Å². The highest BCUT2D eigenvalue weighted by Gasteiger charge is 2.08. The Balaban J connectivity index is 0.00000163. The Morgan fingerprint density at radius 2 is 1.83 bits per heavy atom. The zero-order chi connectivity index (χ0) is 18.5. The average Bonchev–Trinajstić information content (AvgIpc) is 2.53. The van der Waals surface area contributed by atoms with E-state index in [9.17, 15) is 4.79 Å². The van der Waals surface area contributed by atoms with Crippen LogP contribution in [0.15, 0.2) is 29.8 Å². The minimum atomic E-state index is -0.250. The topological polar surface area (TPSA) is 80.4 Å². The van der Waals surface area contributed by atoms with Crippen LogP contribution in [0.4, 0.5) is 0 Å². The first-order valence-corrected chi connectivity index (χ1v) is 8.46. The molecule has 24 heavy (non-hydrogen) atoms. The minimum Gasteiger partial charge on any atom is -0.483 e. The molecular weight excluding hydrogens is 302 g/mol. The maximum Gasteiger partial charge on any atom is 0.290 e. The van der Waals surface area contributed by atoms with Gasteiger partial charge in [0.15, 0.2) is 0 Å².